The number of morpholine rings is 1. The van der Waals surface area contributed by atoms with Gasteiger partial charge in [0.15, 0.2) is 6.61 Å². The molecule has 1 heterocycles. The molecule has 0 aliphatic carbocycles. The molecule has 1 aromatic rings. The van der Waals surface area contributed by atoms with Crippen molar-refractivity contribution in [3.8, 4) is 0 Å². The third-order valence-corrected chi connectivity index (χ3v) is 3.64. The first-order valence-corrected chi connectivity index (χ1v) is 7.65. The van der Waals surface area contributed by atoms with Crippen molar-refractivity contribution in [3.63, 3.8) is 0 Å². The van der Waals surface area contributed by atoms with Gasteiger partial charge in [0, 0.05) is 18.1 Å². The van der Waals surface area contributed by atoms with Crippen LogP contribution in [0.3, 0.4) is 0 Å². The molecule has 2 rings (SSSR count). The summed E-state index contributed by atoms with van der Waals surface area (Å²) in [6.45, 7) is 4.66. The van der Waals surface area contributed by atoms with E-state index in [1.54, 1.807) is 29.2 Å². The molecule has 120 valence electrons. The van der Waals surface area contributed by atoms with Crippen LogP contribution in [0.2, 0.25) is 5.02 Å². The van der Waals surface area contributed by atoms with E-state index in [0.717, 1.165) is 5.56 Å². The zero-order chi connectivity index (χ0) is 16.1. The lowest BCUT2D eigenvalue weighted by atomic mass is 10.1. The van der Waals surface area contributed by atoms with Gasteiger partial charge in [-0.2, -0.15) is 0 Å². The van der Waals surface area contributed by atoms with E-state index in [1.165, 1.54) is 0 Å². The second kappa shape index (κ2) is 7.61. The number of hydrogen-bond donors (Lipinski definition) is 0. The van der Waals surface area contributed by atoms with Crippen molar-refractivity contribution in [2.75, 3.05) is 19.7 Å². The number of halogens is 1. The van der Waals surface area contributed by atoms with Gasteiger partial charge in [-0.1, -0.05) is 23.7 Å². The van der Waals surface area contributed by atoms with Gasteiger partial charge in [0.25, 0.3) is 5.91 Å². The molecule has 0 N–H and O–H groups in total. The van der Waals surface area contributed by atoms with Gasteiger partial charge in [-0.25, -0.2) is 0 Å². The summed E-state index contributed by atoms with van der Waals surface area (Å²) >= 11 is 5.78. The Hall–Kier alpha value is -1.59. The number of hydrogen-bond acceptors (Lipinski definition) is 4. The number of amides is 1. The van der Waals surface area contributed by atoms with E-state index in [-0.39, 0.29) is 31.1 Å². The molecular weight excluding hydrogens is 306 g/mol. The quantitative estimate of drug-likeness (QED) is 0.795. The van der Waals surface area contributed by atoms with Gasteiger partial charge in [0.2, 0.25) is 0 Å². The third kappa shape index (κ3) is 5.00. The third-order valence-electron chi connectivity index (χ3n) is 3.39. The highest BCUT2D eigenvalue weighted by Gasteiger charge is 2.26. The van der Waals surface area contributed by atoms with Gasteiger partial charge in [-0.05, 0) is 31.5 Å². The summed E-state index contributed by atoms with van der Waals surface area (Å²) in [5.41, 5.74) is 0.801. The Morgan fingerprint density at radius 3 is 2.41 bits per heavy atom. The molecule has 2 atom stereocenters. The van der Waals surface area contributed by atoms with Crippen molar-refractivity contribution < 1.29 is 19.1 Å². The lowest BCUT2D eigenvalue weighted by Crippen LogP contribution is -2.49. The summed E-state index contributed by atoms with van der Waals surface area (Å²) in [4.78, 5) is 25.5. The predicted octanol–water partition coefficient (Wildman–Crippen LogP) is 2.06. The van der Waals surface area contributed by atoms with E-state index < -0.39 is 5.97 Å². The zero-order valence-corrected chi connectivity index (χ0v) is 13.5. The largest absolute Gasteiger partial charge is 0.455 e. The summed E-state index contributed by atoms with van der Waals surface area (Å²) in [6.07, 6.45) is 0.121. The SMILES string of the molecule is C[C@H]1CN(C(=O)COC(=O)Cc2ccc(Cl)cc2)C[C@H](C)O1. The molecule has 0 unspecified atom stereocenters. The highest BCUT2D eigenvalue weighted by Crippen LogP contribution is 2.12. The van der Waals surface area contributed by atoms with Gasteiger partial charge >= 0.3 is 5.97 Å². The first kappa shape index (κ1) is 16.8. The van der Waals surface area contributed by atoms with Crippen LogP contribution in [0.1, 0.15) is 19.4 Å². The number of carbonyl (C=O) groups is 2. The fourth-order valence-electron chi connectivity index (χ4n) is 2.44. The standard InChI is InChI=1S/C16H20ClNO4/c1-11-8-18(9-12(2)22-11)15(19)10-21-16(20)7-13-3-5-14(17)6-4-13/h3-6,11-12H,7-10H2,1-2H3/t11-,12-/m0/s1. The summed E-state index contributed by atoms with van der Waals surface area (Å²) in [5.74, 6) is -0.614. The minimum atomic E-state index is -0.426. The molecule has 1 aliphatic rings. The predicted molar refractivity (Wildman–Crippen MR) is 82.7 cm³/mol. The van der Waals surface area contributed by atoms with E-state index in [2.05, 4.69) is 0 Å². The van der Waals surface area contributed by atoms with Gasteiger partial charge < -0.3 is 14.4 Å². The molecule has 5 nitrogen and oxygen atoms in total. The second-order valence-electron chi connectivity index (χ2n) is 5.52. The Balaban J connectivity index is 1.78. The Kier molecular flexibility index (Phi) is 5.80. The molecule has 1 saturated heterocycles. The van der Waals surface area contributed by atoms with Crippen LogP contribution in [-0.4, -0.2) is 48.7 Å². The fraction of sp³-hybridized carbons (Fsp3) is 0.500. The zero-order valence-electron chi connectivity index (χ0n) is 12.8. The van der Waals surface area contributed by atoms with Crippen LogP contribution in [-0.2, 0) is 25.5 Å². The molecule has 6 heteroatoms. The second-order valence-corrected chi connectivity index (χ2v) is 5.96. The normalized spacial score (nSPS) is 21.5. The number of benzene rings is 1. The monoisotopic (exact) mass is 325 g/mol. The molecule has 1 aliphatic heterocycles. The van der Waals surface area contributed by atoms with E-state index >= 15 is 0 Å². The van der Waals surface area contributed by atoms with E-state index in [4.69, 9.17) is 21.1 Å². The Labute approximate surface area is 135 Å². The molecule has 1 amide bonds. The van der Waals surface area contributed by atoms with Crippen molar-refractivity contribution in [2.45, 2.75) is 32.5 Å². The van der Waals surface area contributed by atoms with Gasteiger partial charge in [-0.3, -0.25) is 9.59 Å². The van der Waals surface area contributed by atoms with Crippen LogP contribution in [0.5, 0.6) is 0 Å². The van der Waals surface area contributed by atoms with Crippen LogP contribution >= 0.6 is 11.6 Å². The average molecular weight is 326 g/mol. The van der Waals surface area contributed by atoms with Crippen molar-refractivity contribution in [2.24, 2.45) is 0 Å². The molecule has 0 radical (unpaired) electrons. The van der Waals surface area contributed by atoms with Crippen LogP contribution in [0.25, 0.3) is 0 Å². The average Bonchev–Trinajstić information content (AvgIpc) is 2.46. The van der Waals surface area contributed by atoms with E-state index in [9.17, 15) is 9.59 Å². The maximum absolute atomic E-state index is 12.1. The van der Waals surface area contributed by atoms with Crippen LogP contribution in [0.15, 0.2) is 24.3 Å². The summed E-state index contributed by atoms with van der Waals surface area (Å²) in [5, 5.41) is 0.614. The molecule has 0 saturated carbocycles. The Morgan fingerprint density at radius 2 is 1.82 bits per heavy atom. The van der Waals surface area contributed by atoms with Crippen molar-refractivity contribution >= 4 is 23.5 Å². The minimum absolute atomic E-state index is 0.00234. The Bertz CT molecular complexity index is 521. The number of ether oxygens (including phenoxy) is 2. The summed E-state index contributed by atoms with van der Waals surface area (Å²) in [7, 11) is 0. The first-order chi connectivity index (χ1) is 10.4. The van der Waals surface area contributed by atoms with Crippen LogP contribution in [0, 0.1) is 0 Å². The first-order valence-electron chi connectivity index (χ1n) is 7.27. The van der Waals surface area contributed by atoms with Crippen molar-refractivity contribution in [3.05, 3.63) is 34.9 Å². The van der Waals surface area contributed by atoms with E-state index in [1.807, 2.05) is 13.8 Å². The smallest absolute Gasteiger partial charge is 0.310 e. The lowest BCUT2D eigenvalue weighted by Gasteiger charge is -2.35. The molecular formula is C16H20ClNO4. The molecule has 0 bridgehead atoms. The topological polar surface area (TPSA) is 55.8 Å². The minimum Gasteiger partial charge on any atom is -0.455 e. The number of nitrogens with zero attached hydrogens (tertiary/aromatic N) is 1. The van der Waals surface area contributed by atoms with Crippen LogP contribution < -0.4 is 0 Å². The maximum Gasteiger partial charge on any atom is 0.310 e. The fourth-order valence-corrected chi connectivity index (χ4v) is 2.56. The maximum atomic E-state index is 12.1. The van der Waals surface area contributed by atoms with E-state index in [0.29, 0.717) is 18.1 Å². The molecule has 1 fully saturated rings. The van der Waals surface area contributed by atoms with Crippen molar-refractivity contribution in [1.82, 2.24) is 4.90 Å². The molecule has 22 heavy (non-hydrogen) atoms. The van der Waals surface area contributed by atoms with Crippen LogP contribution in [0.4, 0.5) is 0 Å². The number of esters is 1. The molecule has 1 aromatic carbocycles. The molecule has 0 spiro atoms. The summed E-state index contributed by atoms with van der Waals surface area (Å²) in [6, 6.07) is 6.95. The summed E-state index contributed by atoms with van der Waals surface area (Å²) < 4.78 is 10.6. The van der Waals surface area contributed by atoms with Gasteiger partial charge in [0.05, 0.1) is 18.6 Å². The van der Waals surface area contributed by atoms with Gasteiger partial charge in [-0.15, -0.1) is 0 Å². The Morgan fingerprint density at radius 1 is 1.23 bits per heavy atom. The van der Waals surface area contributed by atoms with Gasteiger partial charge in [0.1, 0.15) is 0 Å². The highest BCUT2D eigenvalue weighted by atomic mass is 35.5. The highest BCUT2D eigenvalue weighted by molar-refractivity contribution is 6.30. The van der Waals surface area contributed by atoms with Crippen molar-refractivity contribution in [1.29, 1.82) is 0 Å². The number of carbonyl (C=O) groups excluding carboxylic acids is 2. The number of rotatable bonds is 4. The molecule has 0 aromatic heterocycles. The lowest BCUT2D eigenvalue weighted by molar-refractivity contribution is -0.156.